The Balaban J connectivity index is 1.96. The lowest BCUT2D eigenvalue weighted by molar-refractivity contribution is 0.130. The van der Waals surface area contributed by atoms with E-state index >= 15 is 4.39 Å². The molecule has 4 N–H and O–H groups in total. The molecule has 10 nitrogen and oxygen atoms in total. The number of aromatic nitrogens is 1. The summed E-state index contributed by atoms with van der Waals surface area (Å²) in [5.41, 5.74) is -0.504. The third-order valence-corrected chi connectivity index (χ3v) is 8.58. The van der Waals surface area contributed by atoms with Gasteiger partial charge in [0.05, 0.1) is 20.9 Å². The first-order chi connectivity index (χ1) is 17.1. The molecule has 0 unspecified atom stereocenters. The summed E-state index contributed by atoms with van der Waals surface area (Å²) in [5.74, 6) is -0.836. The zero-order valence-electron chi connectivity index (χ0n) is 21.4. The van der Waals surface area contributed by atoms with Crippen LogP contribution in [0.5, 0.6) is 0 Å². The van der Waals surface area contributed by atoms with E-state index in [1.165, 1.54) is 18.2 Å². The first kappa shape index (κ1) is 28.8. The van der Waals surface area contributed by atoms with Gasteiger partial charge in [-0.2, -0.15) is 4.39 Å². The fourth-order valence-electron chi connectivity index (χ4n) is 4.15. The van der Waals surface area contributed by atoms with E-state index < -0.39 is 33.7 Å². The molecule has 0 atom stereocenters. The number of ether oxygens (including phenoxy) is 1. The quantitative estimate of drug-likeness (QED) is 0.363. The lowest BCUT2D eigenvalue weighted by atomic mass is 9.86. The van der Waals surface area contributed by atoms with Gasteiger partial charge < -0.3 is 15.2 Å². The Kier molecular flexibility index (Phi) is 8.81. The number of halogens is 1. The predicted octanol–water partition coefficient (Wildman–Crippen LogP) is 5.28. The second kappa shape index (κ2) is 11.3. The Bertz CT molecular complexity index is 1250. The van der Waals surface area contributed by atoms with Crippen LogP contribution in [0.25, 0.3) is 10.4 Å². The van der Waals surface area contributed by atoms with Crippen LogP contribution < -0.4 is 15.4 Å². The molecule has 37 heavy (non-hydrogen) atoms. The van der Waals surface area contributed by atoms with Crippen LogP contribution in [-0.4, -0.2) is 48.4 Å². The minimum absolute atomic E-state index is 0.0559. The Morgan fingerprint density at radius 1 is 1.19 bits per heavy atom. The fraction of sp³-hybridized carbons (Fsp3) is 0.542. The molecule has 1 aliphatic rings. The van der Waals surface area contributed by atoms with Crippen LogP contribution in [0, 0.1) is 5.95 Å². The van der Waals surface area contributed by atoms with Gasteiger partial charge in [-0.25, -0.2) is 27.7 Å². The summed E-state index contributed by atoms with van der Waals surface area (Å²) < 4.78 is 49.5. The van der Waals surface area contributed by atoms with Gasteiger partial charge >= 0.3 is 12.2 Å². The van der Waals surface area contributed by atoms with E-state index in [0.717, 1.165) is 11.3 Å². The maximum atomic E-state index is 15.2. The van der Waals surface area contributed by atoms with Crippen molar-refractivity contribution in [2.24, 2.45) is 0 Å². The summed E-state index contributed by atoms with van der Waals surface area (Å²) in [6, 6.07) is 4.04. The molecule has 0 saturated heterocycles. The molecule has 1 aromatic heterocycles. The summed E-state index contributed by atoms with van der Waals surface area (Å²) in [6.45, 7) is 8.43. The number of carbonyl (C=O) groups excluding carboxylic acids is 1. The van der Waals surface area contributed by atoms with Gasteiger partial charge in [0.1, 0.15) is 0 Å². The summed E-state index contributed by atoms with van der Waals surface area (Å²) >= 11 is 1.08. The molecule has 2 amide bonds. The topological polar surface area (TPSA) is 147 Å². The highest BCUT2D eigenvalue weighted by Gasteiger charge is 2.31. The molecular weight excluding hydrogens is 523 g/mol. The van der Waals surface area contributed by atoms with E-state index in [-0.39, 0.29) is 39.1 Å². The van der Waals surface area contributed by atoms with Crippen LogP contribution in [0.15, 0.2) is 23.1 Å². The molecule has 1 aliphatic carbocycles. The number of nitrogens with zero attached hydrogens (tertiary/aromatic N) is 1. The molecule has 1 fully saturated rings. The van der Waals surface area contributed by atoms with Crippen LogP contribution in [0.1, 0.15) is 71.2 Å². The summed E-state index contributed by atoms with van der Waals surface area (Å²) in [4.78, 5) is 27.0. The number of amides is 2. The van der Waals surface area contributed by atoms with Crippen molar-refractivity contribution in [2.75, 3.05) is 5.32 Å². The van der Waals surface area contributed by atoms with Crippen molar-refractivity contribution in [3.8, 4) is 10.4 Å². The standard InChI is InChI=1S/C24H33FN4O6S2/c1-13(2)35-23(32)27-16-10-11-17(18(12-16)37(33,34)29-24(3,4)5)19-20(25)28-21(36-19)14-6-8-15(9-7-14)26-22(30)31/h10-15,26,29H,6-9H2,1-5H3,(H,27,32)(H,30,31). The van der Waals surface area contributed by atoms with Gasteiger partial charge in [0.25, 0.3) is 0 Å². The first-order valence-corrected chi connectivity index (χ1v) is 14.3. The number of hydrogen-bond acceptors (Lipinski definition) is 7. The summed E-state index contributed by atoms with van der Waals surface area (Å²) in [6.07, 6.45) is 0.298. The van der Waals surface area contributed by atoms with Crippen LogP contribution >= 0.6 is 11.3 Å². The van der Waals surface area contributed by atoms with E-state index in [0.29, 0.717) is 30.7 Å². The molecule has 0 radical (unpaired) electrons. The number of sulfonamides is 1. The average Bonchev–Trinajstić information content (AvgIpc) is 3.13. The van der Waals surface area contributed by atoms with Crippen molar-refractivity contribution in [2.45, 2.75) is 88.8 Å². The van der Waals surface area contributed by atoms with E-state index in [1.54, 1.807) is 34.6 Å². The first-order valence-electron chi connectivity index (χ1n) is 12.0. The van der Waals surface area contributed by atoms with Crippen molar-refractivity contribution in [1.82, 2.24) is 15.0 Å². The Labute approximate surface area is 220 Å². The normalized spacial score (nSPS) is 18.5. The number of carboxylic acid groups (broad SMARTS) is 1. The number of carbonyl (C=O) groups is 2. The van der Waals surface area contributed by atoms with Crippen LogP contribution in [0.4, 0.5) is 19.7 Å². The Hall–Kier alpha value is -2.77. The number of nitrogens with one attached hydrogen (secondary N) is 3. The van der Waals surface area contributed by atoms with Gasteiger partial charge in [-0.3, -0.25) is 5.32 Å². The van der Waals surface area contributed by atoms with E-state index in [1.807, 2.05) is 0 Å². The fourth-order valence-corrected chi connectivity index (χ4v) is 7.02. The number of anilines is 1. The Morgan fingerprint density at radius 2 is 1.84 bits per heavy atom. The highest BCUT2D eigenvalue weighted by atomic mass is 32.2. The van der Waals surface area contributed by atoms with Crippen LogP contribution in [0.2, 0.25) is 0 Å². The summed E-state index contributed by atoms with van der Waals surface area (Å²) in [5, 5.41) is 14.5. The molecule has 13 heteroatoms. The minimum Gasteiger partial charge on any atom is -0.465 e. The number of thiazole rings is 1. The monoisotopic (exact) mass is 556 g/mol. The van der Waals surface area contributed by atoms with Gasteiger partial charge in [0.2, 0.25) is 16.0 Å². The number of hydrogen-bond donors (Lipinski definition) is 4. The molecule has 0 bridgehead atoms. The largest absolute Gasteiger partial charge is 0.465 e. The number of rotatable bonds is 7. The molecule has 1 saturated carbocycles. The van der Waals surface area contributed by atoms with Gasteiger partial charge in [0, 0.05) is 28.7 Å². The van der Waals surface area contributed by atoms with Crippen molar-refractivity contribution < 1.29 is 32.2 Å². The van der Waals surface area contributed by atoms with Gasteiger partial charge in [-0.05, 0) is 78.5 Å². The van der Waals surface area contributed by atoms with Gasteiger partial charge in [-0.15, -0.1) is 11.3 Å². The summed E-state index contributed by atoms with van der Waals surface area (Å²) in [7, 11) is -4.12. The van der Waals surface area contributed by atoms with Crippen molar-refractivity contribution in [3.05, 3.63) is 29.2 Å². The van der Waals surface area contributed by atoms with E-state index in [4.69, 9.17) is 9.84 Å². The average molecular weight is 557 g/mol. The Morgan fingerprint density at radius 3 is 2.41 bits per heavy atom. The zero-order chi connectivity index (χ0) is 27.5. The molecular formula is C24H33FN4O6S2. The molecule has 0 aliphatic heterocycles. The smallest absolute Gasteiger partial charge is 0.411 e. The highest BCUT2D eigenvalue weighted by molar-refractivity contribution is 7.89. The molecule has 1 heterocycles. The predicted molar refractivity (Wildman–Crippen MR) is 139 cm³/mol. The SMILES string of the molecule is CC(C)OC(=O)Nc1ccc(-c2sc(C3CCC(NC(=O)O)CC3)nc2F)c(S(=O)(=O)NC(C)(C)C)c1. The van der Waals surface area contributed by atoms with Crippen molar-refractivity contribution in [1.29, 1.82) is 0 Å². The van der Waals surface area contributed by atoms with Gasteiger partial charge in [0.15, 0.2) is 0 Å². The molecule has 0 spiro atoms. The maximum absolute atomic E-state index is 15.2. The third kappa shape index (κ3) is 7.86. The second-order valence-corrected chi connectivity index (χ2v) is 13.0. The lowest BCUT2D eigenvalue weighted by Crippen LogP contribution is -2.40. The maximum Gasteiger partial charge on any atom is 0.411 e. The lowest BCUT2D eigenvalue weighted by Gasteiger charge is -2.26. The van der Waals surface area contributed by atoms with E-state index in [2.05, 4.69) is 20.3 Å². The third-order valence-electron chi connectivity index (χ3n) is 5.55. The van der Waals surface area contributed by atoms with Crippen molar-refractivity contribution in [3.63, 3.8) is 0 Å². The second-order valence-electron chi connectivity index (χ2n) is 10.3. The number of benzene rings is 1. The molecule has 1 aromatic carbocycles. The van der Waals surface area contributed by atoms with Crippen LogP contribution in [-0.2, 0) is 14.8 Å². The van der Waals surface area contributed by atoms with E-state index in [9.17, 15) is 18.0 Å². The highest BCUT2D eigenvalue weighted by Crippen LogP contribution is 2.41. The molecule has 3 rings (SSSR count). The molecule has 204 valence electrons. The minimum atomic E-state index is -4.12. The van der Waals surface area contributed by atoms with Gasteiger partial charge in [-0.1, -0.05) is 0 Å². The van der Waals surface area contributed by atoms with Crippen molar-refractivity contribution >= 4 is 39.2 Å². The van der Waals surface area contributed by atoms with Crippen LogP contribution in [0.3, 0.4) is 0 Å². The zero-order valence-corrected chi connectivity index (χ0v) is 23.1. The molecule has 2 aromatic rings.